The van der Waals surface area contributed by atoms with Crippen molar-refractivity contribution in [3.63, 3.8) is 0 Å². The fourth-order valence-corrected chi connectivity index (χ4v) is 3.89. The Balaban J connectivity index is 1.93. The summed E-state index contributed by atoms with van der Waals surface area (Å²) in [6.45, 7) is 5.39. The molecule has 1 aliphatic rings. The fraction of sp³-hybridized carbons (Fsp3) is 0.583. The van der Waals surface area contributed by atoms with Gasteiger partial charge in [0.1, 0.15) is 0 Å². The summed E-state index contributed by atoms with van der Waals surface area (Å²) in [7, 11) is 1.64. The summed E-state index contributed by atoms with van der Waals surface area (Å²) in [6, 6.07) is 7.66. The van der Waals surface area contributed by atoms with Crippen LogP contribution in [0.1, 0.15) is 69.6 Å². The number of aliphatic hydroxyl groups excluding tert-OH is 1. The number of hydrogen-bond acceptors (Lipinski definition) is 4. The lowest BCUT2D eigenvalue weighted by Crippen LogP contribution is -2.35. The van der Waals surface area contributed by atoms with E-state index in [1.54, 1.807) is 13.2 Å². The van der Waals surface area contributed by atoms with Crippen molar-refractivity contribution in [2.24, 2.45) is 5.41 Å². The van der Waals surface area contributed by atoms with Crippen LogP contribution in [0.3, 0.4) is 0 Å². The van der Waals surface area contributed by atoms with E-state index in [4.69, 9.17) is 9.84 Å². The van der Waals surface area contributed by atoms with Gasteiger partial charge in [-0.15, -0.1) is 0 Å². The summed E-state index contributed by atoms with van der Waals surface area (Å²) in [5.74, 6) is -0.625. The molecule has 1 aromatic carbocycles. The molecule has 2 atom stereocenters. The highest BCUT2D eigenvalue weighted by Gasteiger charge is 2.30. The summed E-state index contributed by atoms with van der Waals surface area (Å²) in [6.07, 6.45) is 6.72. The fourth-order valence-electron chi connectivity index (χ4n) is 3.89. The van der Waals surface area contributed by atoms with E-state index in [0.29, 0.717) is 26.0 Å². The molecule has 30 heavy (non-hydrogen) atoms. The lowest BCUT2D eigenvalue weighted by atomic mass is 9.83. The maximum Gasteiger partial charge on any atom is 0.303 e. The second-order valence-corrected chi connectivity index (χ2v) is 8.86. The number of carbonyl (C=O) groups is 2. The van der Waals surface area contributed by atoms with Gasteiger partial charge in [-0.1, -0.05) is 50.3 Å². The van der Waals surface area contributed by atoms with Gasteiger partial charge in [0.15, 0.2) is 0 Å². The molecule has 0 aliphatic carbocycles. The van der Waals surface area contributed by atoms with Crippen molar-refractivity contribution in [3.05, 3.63) is 47.5 Å². The first-order valence-corrected chi connectivity index (χ1v) is 10.7. The molecule has 1 aromatic rings. The zero-order valence-corrected chi connectivity index (χ0v) is 18.3. The Morgan fingerprint density at radius 2 is 2.13 bits per heavy atom. The van der Waals surface area contributed by atoms with Gasteiger partial charge in [-0.2, -0.15) is 0 Å². The molecule has 0 saturated carbocycles. The van der Waals surface area contributed by atoms with Crippen LogP contribution in [0, 0.1) is 5.41 Å². The molecule has 0 radical (unpaired) electrons. The standard InChI is InChI=1S/C24H35NO5/c1-24(2,13-5-8-23(28)29)14-15-25-20(10-12-22(25)27)9-11-21(26)19-7-4-6-18(16-19)17-30-3/h4,6-7,9,11,16,20-21,26H,5,8,10,12-15,17H2,1-3H3,(H,28,29)/b11-9+/t20-,21+/m0/s1. The number of hydrogen-bond donors (Lipinski definition) is 2. The molecule has 2 N–H and O–H groups in total. The van der Waals surface area contributed by atoms with Crippen LogP contribution in [-0.2, 0) is 20.9 Å². The Labute approximate surface area is 179 Å². The van der Waals surface area contributed by atoms with E-state index < -0.39 is 12.1 Å². The van der Waals surface area contributed by atoms with Gasteiger partial charge in [0.05, 0.1) is 18.8 Å². The first kappa shape index (κ1) is 24.1. The van der Waals surface area contributed by atoms with Gasteiger partial charge in [0, 0.05) is 26.5 Å². The Hall–Kier alpha value is -2.18. The highest BCUT2D eigenvalue weighted by atomic mass is 16.5. The number of carboxylic acids is 1. The Morgan fingerprint density at radius 1 is 1.37 bits per heavy atom. The van der Waals surface area contributed by atoms with Gasteiger partial charge < -0.3 is 19.8 Å². The van der Waals surface area contributed by atoms with Crippen LogP contribution < -0.4 is 0 Å². The number of carbonyl (C=O) groups excluding carboxylic acids is 1. The topological polar surface area (TPSA) is 87.1 Å². The van der Waals surface area contributed by atoms with Crippen LogP contribution in [0.2, 0.25) is 0 Å². The second kappa shape index (κ2) is 11.3. The second-order valence-electron chi connectivity index (χ2n) is 8.86. The summed E-state index contributed by atoms with van der Waals surface area (Å²) in [5.41, 5.74) is 1.79. The number of ether oxygens (including phenoxy) is 1. The van der Waals surface area contributed by atoms with Crippen molar-refractivity contribution in [2.45, 2.75) is 71.1 Å². The number of rotatable bonds is 12. The number of benzene rings is 1. The van der Waals surface area contributed by atoms with Crippen LogP contribution in [0.25, 0.3) is 0 Å². The smallest absolute Gasteiger partial charge is 0.303 e. The number of likely N-dealkylation sites (tertiary alicyclic amines) is 1. The number of carboxylic acid groups (broad SMARTS) is 1. The Morgan fingerprint density at radius 3 is 2.83 bits per heavy atom. The molecule has 1 amide bonds. The first-order chi connectivity index (χ1) is 14.2. The highest BCUT2D eigenvalue weighted by Crippen LogP contribution is 2.30. The molecule has 0 aromatic heterocycles. The number of amides is 1. The van der Waals surface area contributed by atoms with Crippen LogP contribution in [0.15, 0.2) is 36.4 Å². The summed E-state index contributed by atoms with van der Waals surface area (Å²) in [4.78, 5) is 25.0. The minimum atomic E-state index is -0.767. The van der Waals surface area contributed by atoms with E-state index in [1.165, 1.54) is 0 Å². The van der Waals surface area contributed by atoms with Crippen LogP contribution >= 0.6 is 0 Å². The summed E-state index contributed by atoms with van der Waals surface area (Å²) >= 11 is 0. The monoisotopic (exact) mass is 417 g/mol. The van der Waals surface area contributed by atoms with E-state index in [1.807, 2.05) is 35.2 Å². The number of nitrogens with zero attached hydrogens (tertiary/aromatic N) is 1. The lowest BCUT2D eigenvalue weighted by molar-refractivity contribution is -0.137. The molecule has 0 bridgehead atoms. The van der Waals surface area contributed by atoms with Gasteiger partial charge in [-0.3, -0.25) is 9.59 Å². The number of methoxy groups -OCH3 is 1. The van der Waals surface area contributed by atoms with Crippen LogP contribution in [0.4, 0.5) is 0 Å². The van der Waals surface area contributed by atoms with E-state index in [2.05, 4.69) is 13.8 Å². The number of aliphatic carboxylic acids is 1. The molecular weight excluding hydrogens is 382 g/mol. The summed E-state index contributed by atoms with van der Waals surface area (Å²) in [5, 5.41) is 19.4. The maximum atomic E-state index is 12.4. The quantitative estimate of drug-likeness (QED) is 0.500. The Kier molecular flexibility index (Phi) is 9.06. The highest BCUT2D eigenvalue weighted by molar-refractivity contribution is 5.79. The van der Waals surface area contributed by atoms with E-state index in [0.717, 1.165) is 30.4 Å². The predicted octanol–water partition coefficient (Wildman–Crippen LogP) is 4.08. The molecule has 1 heterocycles. The number of aliphatic hydroxyl groups is 1. The average Bonchev–Trinajstić information content (AvgIpc) is 3.04. The molecule has 6 heteroatoms. The van der Waals surface area contributed by atoms with Gasteiger partial charge >= 0.3 is 5.97 Å². The zero-order chi connectivity index (χ0) is 22.1. The van der Waals surface area contributed by atoms with Crippen LogP contribution in [-0.4, -0.2) is 46.7 Å². The zero-order valence-electron chi connectivity index (χ0n) is 18.3. The molecule has 1 aliphatic heterocycles. The van der Waals surface area contributed by atoms with Crippen molar-refractivity contribution in [1.82, 2.24) is 4.90 Å². The third-order valence-corrected chi connectivity index (χ3v) is 5.77. The lowest BCUT2D eigenvalue weighted by Gasteiger charge is -2.30. The third-order valence-electron chi connectivity index (χ3n) is 5.77. The van der Waals surface area contributed by atoms with Gasteiger partial charge in [0.2, 0.25) is 5.91 Å². The minimum absolute atomic E-state index is 0.0101. The van der Waals surface area contributed by atoms with Gasteiger partial charge in [-0.05, 0) is 42.2 Å². The summed E-state index contributed by atoms with van der Waals surface area (Å²) < 4.78 is 5.15. The molecule has 0 spiro atoms. The van der Waals surface area contributed by atoms with E-state index in [-0.39, 0.29) is 23.8 Å². The van der Waals surface area contributed by atoms with Crippen molar-refractivity contribution in [1.29, 1.82) is 0 Å². The largest absolute Gasteiger partial charge is 0.481 e. The normalized spacial score (nSPS) is 18.3. The average molecular weight is 418 g/mol. The minimum Gasteiger partial charge on any atom is -0.481 e. The van der Waals surface area contributed by atoms with E-state index >= 15 is 0 Å². The van der Waals surface area contributed by atoms with Crippen molar-refractivity contribution < 1.29 is 24.5 Å². The molecular formula is C24H35NO5. The Bertz CT molecular complexity index is 743. The van der Waals surface area contributed by atoms with Crippen molar-refractivity contribution in [3.8, 4) is 0 Å². The van der Waals surface area contributed by atoms with Gasteiger partial charge in [0.25, 0.3) is 0 Å². The van der Waals surface area contributed by atoms with Gasteiger partial charge in [-0.25, -0.2) is 0 Å². The van der Waals surface area contributed by atoms with Crippen LogP contribution in [0.5, 0.6) is 0 Å². The van der Waals surface area contributed by atoms with Crippen molar-refractivity contribution in [2.75, 3.05) is 13.7 Å². The molecule has 6 nitrogen and oxygen atoms in total. The van der Waals surface area contributed by atoms with Crippen molar-refractivity contribution >= 4 is 11.9 Å². The molecule has 0 unspecified atom stereocenters. The molecule has 1 saturated heterocycles. The first-order valence-electron chi connectivity index (χ1n) is 10.7. The third kappa shape index (κ3) is 7.58. The molecule has 1 fully saturated rings. The SMILES string of the molecule is COCc1cccc([C@H](O)/C=C/[C@H]2CCC(=O)N2CCC(C)(C)CCCC(=O)O)c1. The molecule has 2 rings (SSSR count). The predicted molar refractivity (Wildman–Crippen MR) is 116 cm³/mol. The maximum absolute atomic E-state index is 12.4. The molecule has 166 valence electrons. The van der Waals surface area contributed by atoms with E-state index in [9.17, 15) is 14.7 Å².